The van der Waals surface area contributed by atoms with Gasteiger partial charge in [0.05, 0.1) is 0 Å². The van der Waals surface area contributed by atoms with Gasteiger partial charge in [0.25, 0.3) is 0 Å². The highest BCUT2D eigenvalue weighted by Crippen LogP contribution is 2.42. The molecule has 0 aliphatic carbocycles. The number of rotatable bonds is 8. The number of phenolic OH excluding ortho intramolecular Hbond substituents is 2. The summed E-state index contributed by atoms with van der Waals surface area (Å²) in [5, 5.41) is 41.3. The molecule has 0 aliphatic rings. The van der Waals surface area contributed by atoms with Crippen molar-refractivity contribution in [3.8, 4) is 33.8 Å². The van der Waals surface area contributed by atoms with Crippen LogP contribution in [0.1, 0.15) is 93.2 Å². The van der Waals surface area contributed by atoms with Crippen molar-refractivity contribution in [2.75, 3.05) is 0 Å². The Labute approximate surface area is 289 Å². The minimum atomic E-state index is -0.0838. The van der Waals surface area contributed by atoms with Crippen LogP contribution in [-0.2, 0) is 17.5 Å². The van der Waals surface area contributed by atoms with Crippen molar-refractivity contribution in [1.29, 1.82) is 0 Å². The molecule has 6 rings (SSSR count). The highest BCUT2D eigenvalue weighted by atomic mass is 16.3. The average Bonchev–Trinajstić information content (AvgIpc) is 3.58. The lowest BCUT2D eigenvalue weighted by Gasteiger charge is -2.33. The zero-order valence-corrected chi connectivity index (χ0v) is 30.6. The molecule has 49 heavy (non-hydrogen) atoms. The maximum Gasteiger partial charge on any atom is 0.172 e. The van der Waals surface area contributed by atoms with Crippen molar-refractivity contribution in [2.45, 2.75) is 99.6 Å². The normalized spacial score (nSPS) is 13.1. The summed E-state index contributed by atoms with van der Waals surface area (Å²) < 4.78 is 0. The molecule has 2 N–H and O–H groups in total. The quantitative estimate of drug-likeness (QED) is 0.169. The van der Waals surface area contributed by atoms with Gasteiger partial charge in [0.1, 0.15) is 33.6 Å². The van der Waals surface area contributed by atoms with Gasteiger partial charge in [0.2, 0.25) is 0 Å². The minimum absolute atomic E-state index is 0.0838. The van der Waals surface area contributed by atoms with Crippen molar-refractivity contribution < 1.29 is 10.2 Å². The van der Waals surface area contributed by atoms with Gasteiger partial charge in [-0.3, -0.25) is 0 Å². The van der Waals surface area contributed by atoms with E-state index in [2.05, 4.69) is 81.4 Å². The molecule has 0 atom stereocenters. The van der Waals surface area contributed by atoms with E-state index in [1.807, 2.05) is 48.5 Å². The summed E-state index contributed by atoms with van der Waals surface area (Å²) in [5.74, 6) is 0.415. The molecule has 0 bridgehead atoms. The molecule has 0 unspecified atom stereocenters. The molecule has 0 saturated heterocycles. The highest BCUT2D eigenvalue weighted by Gasteiger charge is 2.30. The number of aromatic hydroxyl groups is 2. The Kier molecular flexibility index (Phi) is 8.37. The van der Waals surface area contributed by atoms with E-state index in [-0.39, 0.29) is 39.8 Å². The predicted molar refractivity (Wildman–Crippen MR) is 199 cm³/mol. The molecule has 0 fully saturated rings. The molecule has 0 spiro atoms. The second-order valence-corrected chi connectivity index (χ2v) is 17.3. The minimum Gasteiger partial charge on any atom is -0.507 e. The van der Waals surface area contributed by atoms with Crippen LogP contribution in [0.3, 0.4) is 0 Å². The van der Waals surface area contributed by atoms with E-state index in [4.69, 9.17) is 20.4 Å². The predicted octanol–water partition coefficient (Wildman–Crippen LogP) is 9.85. The maximum atomic E-state index is 11.0. The van der Waals surface area contributed by atoms with Crippen LogP contribution in [0.15, 0.2) is 72.8 Å². The third kappa shape index (κ3) is 7.19. The Morgan fingerprint density at radius 1 is 0.490 bits per heavy atom. The summed E-state index contributed by atoms with van der Waals surface area (Å²) in [7, 11) is 0. The fraction of sp³-hybridized carbons (Fsp3) is 0.415. The van der Waals surface area contributed by atoms with Crippen LogP contribution >= 0.6 is 0 Å². The average molecular weight is 659 g/mol. The topological polar surface area (TPSA) is 102 Å². The second kappa shape index (κ2) is 12.0. The summed E-state index contributed by atoms with van der Waals surface area (Å²) in [5.41, 5.74) is 8.40. The van der Waals surface area contributed by atoms with E-state index in [0.717, 1.165) is 46.2 Å². The Bertz CT molecular complexity index is 2000. The van der Waals surface area contributed by atoms with E-state index in [0.29, 0.717) is 22.1 Å². The zero-order chi connectivity index (χ0) is 35.5. The van der Waals surface area contributed by atoms with E-state index < -0.39 is 0 Å². The molecule has 256 valence electrons. The molecule has 0 radical (unpaired) electrons. The number of nitrogens with zero attached hydrogens (tertiary/aromatic N) is 6. The largest absolute Gasteiger partial charge is 0.507 e. The Balaban J connectivity index is 1.34. The van der Waals surface area contributed by atoms with Crippen LogP contribution in [0.25, 0.3) is 44.3 Å². The first-order chi connectivity index (χ1) is 22.8. The van der Waals surface area contributed by atoms with E-state index in [9.17, 15) is 10.2 Å². The summed E-state index contributed by atoms with van der Waals surface area (Å²) in [6.45, 7) is 22.7. The molecule has 6 aromatic rings. The first-order valence-corrected chi connectivity index (χ1v) is 17.2. The van der Waals surface area contributed by atoms with Crippen molar-refractivity contribution in [1.82, 2.24) is 30.0 Å². The SMILES string of the molecule is CC(C)(C)CC(C)(C)c1ccc(O)c(-c2cccc3nn(Cn4nc5cccc(-c6cc(C(C)(C)CC(C)(C)C)ccc6O)c5n4)nc23)c1. The number of fused-ring (bicyclic) bond motifs is 2. The van der Waals surface area contributed by atoms with E-state index >= 15 is 0 Å². The standard InChI is InChI=1S/C41H50N6O2/c1-38(2,3)23-40(7,8)26-17-19-34(48)30(21-26)28-13-11-15-32-36(28)44-46(42-32)25-47-43-33-16-12-14-29(37(33)45-47)31-22-27(18-20-35(31)49)41(9,10)24-39(4,5)6/h11-22,48-49H,23-25H2,1-10H3. The van der Waals surface area contributed by atoms with Gasteiger partial charge in [0, 0.05) is 22.3 Å². The molecule has 2 heterocycles. The summed E-state index contributed by atoms with van der Waals surface area (Å²) in [6.07, 6.45) is 2.00. The lowest BCUT2D eigenvalue weighted by atomic mass is 9.72. The monoisotopic (exact) mass is 658 g/mol. The van der Waals surface area contributed by atoms with Crippen molar-refractivity contribution in [2.24, 2.45) is 10.8 Å². The van der Waals surface area contributed by atoms with Gasteiger partial charge in [-0.15, -0.1) is 0 Å². The van der Waals surface area contributed by atoms with Gasteiger partial charge in [-0.25, -0.2) is 0 Å². The number of hydrogen-bond acceptors (Lipinski definition) is 6. The first-order valence-electron chi connectivity index (χ1n) is 17.2. The molecular weight excluding hydrogens is 608 g/mol. The fourth-order valence-electron chi connectivity index (χ4n) is 7.83. The van der Waals surface area contributed by atoms with E-state index in [1.54, 1.807) is 21.7 Å². The summed E-state index contributed by atoms with van der Waals surface area (Å²) >= 11 is 0. The van der Waals surface area contributed by atoms with Crippen LogP contribution in [0.2, 0.25) is 0 Å². The van der Waals surface area contributed by atoms with Gasteiger partial charge in [-0.2, -0.15) is 30.0 Å². The molecule has 0 saturated carbocycles. The van der Waals surface area contributed by atoms with Crippen molar-refractivity contribution >= 4 is 22.1 Å². The zero-order valence-electron chi connectivity index (χ0n) is 30.6. The fourth-order valence-corrected chi connectivity index (χ4v) is 7.83. The van der Waals surface area contributed by atoms with Gasteiger partial charge in [-0.05, 0) is 82.0 Å². The smallest absolute Gasteiger partial charge is 0.172 e. The van der Waals surface area contributed by atoms with Crippen LogP contribution in [0.4, 0.5) is 0 Å². The van der Waals surface area contributed by atoms with Gasteiger partial charge >= 0.3 is 0 Å². The molecule has 4 aromatic carbocycles. The third-order valence-corrected chi connectivity index (χ3v) is 9.24. The van der Waals surface area contributed by atoms with Crippen molar-refractivity contribution in [3.05, 3.63) is 83.9 Å². The highest BCUT2D eigenvalue weighted by molar-refractivity contribution is 5.94. The molecule has 2 aromatic heterocycles. The second-order valence-electron chi connectivity index (χ2n) is 17.3. The number of aromatic nitrogens is 6. The van der Waals surface area contributed by atoms with Gasteiger partial charge in [-0.1, -0.05) is 106 Å². The molecular formula is C41H50N6O2. The van der Waals surface area contributed by atoms with Crippen LogP contribution in [-0.4, -0.2) is 40.2 Å². The summed E-state index contributed by atoms with van der Waals surface area (Å²) in [4.78, 5) is 3.18. The lowest BCUT2D eigenvalue weighted by molar-refractivity contribution is 0.283. The lowest BCUT2D eigenvalue weighted by Crippen LogP contribution is -2.24. The molecule has 8 heteroatoms. The van der Waals surface area contributed by atoms with Crippen molar-refractivity contribution in [3.63, 3.8) is 0 Å². The molecule has 0 amide bonds. The number of hydrogen-bond donors (Lipinski definition) is 2. The number of benzene rings is 4. The maximum absolute atomic E-state index is 11.0. The first kappa shape index (κ1) is 34.2. The van der Waals surface area contributed by atoms with Gasteiger partial charge in [0.15, 0.2) is 6.67 Å². The van der Waals surface area contributed by atoms with Crippen LogP contribution < -0.4 is 0 Å². The summed E-state index contributed by atoms with van der Waals surface area (Å²) in [6, 6.07) is 23.5. The van der Waals surface area contributed by atoms with Crippen LogP contribution in [0.5, 0.6) is 11.5 Å². The van der Waals surface area contributed by atoms with E-state index in [1.165, 1.54) is 0 Å². The molecule has 0 aliphatic heterocycles. The third-order valence-electron chi connectivity index (χ3n) is 9.24. The molecule has 8 nitrogen and oxygen atoms in total. The Morgan fingerprint density at radius 3 is 1.24 bits per heavy atom. The number of phenols is 2. The van der Waals surface area contributed by atoms with Crippen LogP contribution in [0, 0.1) is 10.8 Å². The Hall–Kier alpha value is -4.72. The van der Waals surface area contributed by atoms with Gasteiger partial charge < -0.3 is 10.2 Å². The Morgan fingerprint density at radius 2 is 0.878 bits per heavy atom.